The Bertz CT molecular complexity index is 514. The third-order valence-electron chi connectivity index (χ3n) is 4.65. The zero-order valence-electron chi connectivity index (χ0n) is 14.4. The zero-order chi connectivity index (χ0) is 17.4. The van der Waals surface area contributed by atoms with Crippen LogP contribution in [0.2, 0.25) is 0 Å². The van der Waals surface area contributed by atoms with Crippen molar-refractivity contribution in [3.05, 3.63) is 29.8 Å². The number of amides is 1. The van der Waals surface area contributed by atoms with Gasteiger partial charge >= 0.3 is 0 Å². The number of ether oxygens (including phenoxy) is 2. The van der Waals surface area contributed by atoms with E-state index in [4.69, 9.17) is 9.47 Å². The van der Waals surface area contributed by atoms with Crippen LogP contribution in [0.4, 0.5) is 0 Å². The Hall–Kier alpha value is -1.24. The summed E-state index contributed by atoms with van der Waals surface area (Å²) in [7, 11) is 1.63. The molecule has 0 aliphatic carbocycles. The first-order chi connectivity index (χ1) is 11.7. The van der Waals surface area contributed by atoms with Crippen LogP contribution in [0.3, 0.4) is 0 Å². The highest BCUT2D eigenvalue weighted by Crippen LogP contribution is 2.36. The summed E-state index contributed by atoms with van der Waals surface area (Å²) in [6.45, 7) is 1.09. The first-order valence-electron chi connectivity index (χ1n) is 8.29. The second kappa shape index (κ2) is 9.30. The summed E-state index contributed by atoms with van der Waals surface area (Å²) in [6.07, 6.45) is 4.07. The Labute approximate surface area is 148 Å². The molecule has 1 fully saturated rings. The molecule has 6 heteroatoms. The predicted molar refractivity (Wildman–Crippen MR) is 96.7 cm³/mol. The minimum atomic E-state index is -0.600. The molecule has 24 heavy (non-hydrogen) atoms. The average molecular weight is 353 g/mol. The van der Waals surface area contributed by atoms with Gasteiger partial charge in [-0.2, -0.15) is 11.8 Å². The summed E-state index contributed by atoms with van der Waals surface area (Å²) in [5.74, 6) is 1.66. The molecule has 1 amide bonds. The smallest absolute Gasteiger partial charge is 0.231 e. The predicted octanol–water partition coefficient (Wildman–Crippen LogP) is 1.97. The fourth-order valence-electron chi connectivity index (χ4n) is 3.07. The molecule has 1 aromatic carbocycles. The lowest BCUT2D eigenvalue weighted by atomic mass is 9.73. The number of carbonyl (C=O) groups is 1. The Morgan fingerprint density at radius 1 is 1.38 bits per heavy atom. The lowest BCUT2D eigenvalue weighted by Crippen LogP contribution is -2.52. The Kier molecular flexibility index (Phi) is 7.40. The lowest BCUT2D eigenvalue weighted by Gasteiger charge is -2.37. The Balaban J connectivity index is 2.20. The van der Waals surface area contributed by atoms with Gasteiger partial charge < -0.3 is 19.9 Å². The van der Waals surface area contributed by atoms with Crippen molar-refractivity contribution in [2.24, 2.45) is 0 Å². The summed E-state index contributed by atoms with van der Waals surface area (Å²) >= 11 is 1.71. The van der Waals surface area contributed by atoms with Gasteiger partial charge in [0.05, 0.1) is 25.2 Å². The molecule has 2 N–H and O–H groups in total. The molecule has 5 nitrogen and oxygen atoms in total. The molecule has 0 radical (unpaired) electrons. The van der Waals surface area contributed by atoms with E-state index in [1.54, 1.807) is 18.9 Å². The monoisotopic (exact) mass is 353 g/mol. The van der Waals surface area contributed by atoms with Crippen molar-refractivity contribution in [3.8, 4) is 5.75 Å². The van der Waals surface area contributed by atoms with Gasteiger partial charge in [-0.3, -0.25) is 4.79 Å². The van der Waals surface area contributed by atoms with E-state index in [1.807, 2.05) is 30.5 Å². The number of hydrogen-bond donors (Lipinski definition) is 2. The van der Waals surface area contributed by atoms with Gasteiger partial charge in [-0.15, -0.1) is 0 Å². The number of nitrogens with one attached hydrogen (secondary N) is 1. The minimum Gasteiger partial charge on any atom is -0.497 e. The number of benzene rings is 1. The number of methoxy groups -OCH3 is 1. The van der Waals surface area contributed by atoms with E-state index in [0.717, 1.165) is 23.5 Å². The normalized spacial score (nSPS) is 18.0. The van der Waals surface area contributed by atoms with E-state index in [2.05, 4.69) is 5.32 Å². The molecule has 0 bridgehead atoms. The van der Waals surface area contributed by atoms with Crippen LogP contribution in [0.5, 0.6) is 5.75 Å². The Morgan fingerprint density at radius 3 is 2.58 bits per heavy atom. The molecule has 1 saturated heterocycles. The number of hydrogen-bond acceptors (Lipinski definition) is 5. The summed E-state index contributed by atoms with van der Waals surface area (Å²) in [5.41, 5.74) is 0.378. The van der Waals surface area contributed by atoms with E-state index in [1.165, 1.54) is 0 Å². The molecule has 1 heterocycles. The highest BCUT2D eigenvalue weighted by molar-refractivity contribution is 7.98. The quantitative estimate of drug-likeness (QED) is 0.748. The van der Waals surface area contributed by atoms with Gasteiger partial charge in [0.2, 0.25) is 5.91 Å². The van der Waals surface area contributed by atoms with Crippen molar-refractivity contribution >= 4 is 17.7 Å². The van der Waals surface area contributed by atoms with Gasteiger partial charge in [-0.05, 0) is 49.0 Å². The van der Waals surface area contributed by atoms with E-state index >= 15 is 0 Å². The molecule has 1 atom stereocenters. The second-order valence-electron chi connectivity index (χ2n) is 6.06. The molecule has 0 saturated carbocycles. The minimum absolute atomic E-state index is 0.0175. The van der Waals surface area contributed by atoms with Crippen molar-refractivity contribution in [2.75, 3.05) is 38.9 Å². The van der Waals surface area contributed by atoms with E-state index in [9.17, 15) is 9.90 Å². The highest BCUT2D eigenvalue weighted by Gasteiger charge is 2.42. The average Bonchev–Trinajstić information content (AvgIpc) is 2.65. The topological polar surface area (TPSA) is 67.8 Å². The van der Waals surface area contributed by atoms with Crippen LogP contribution in [-0.2, 0) is 14.9 Å². The zero-order valence-corrected chi connectivity index (χ0v) is 15.2. The third kappa shape index (κ3) is 4.43. The molecule has 1 aromatic rings. The summed E-state index contributed by atoms with van der Waals surface area (Å²) in [6, 6.07) is 7.48. The fraction of sp³-hybridized carbons (Fsp3) is 0.611. The van der Waals surface area contributed by atoms with Crippen LogP contribution in [0, 0.1) is 0 Å². The first kappa shape index (κ1) is 19.1. The molecule has 2 rings (SSSR count). The van der Waals surface area contributed by atoms with Crippen LogP contribution in [0.1, 0.15) is 24.8 Å². The van der Waals surface area contributed by atoms with Gasteiger partial charge in [0, 0.05) is 13.2 Å². The molecular weight excluding hydrogens is 326 g/mol. The molecule has 134 valence electrons. The lowest BCUT2D eigenvalue weighted by molar-refractivity contribution is -0.131. The number of rotatable bonds is 8. The van der Waals surface area contributed by atoms with Crippen LogP contribution < -0.4 is 10.1 Å². The van der Waals surface area contributed by atoms with E-state index in [0.29, 0.717) is 26.1 Å². The molecule has 0 spiro atoms. The largest absolute Gasteiger partial charge is 0.497 e. The number of carbonyl (C=O) groups excluding carboxylic acids is 1. The van der Waals surface area contributed by atoms with Crippen molar-refractivity contribution in [2.45, 2.75) is 30.7 Å². The number of thioether (sulfide) groups is 1. The third-order valence-corrected chi connectivity index (χ3v) is 5.29. The maximum absolute atomic E-state index is 13.1. The second-order valence-corrected chi connectivity index (χ2v) is 7.04. The fourth-order valence-corrected chi connectivity index (χ4v) is 3.59. The summed E-state index contributed by atoms with van der Waals surface area (Å²) in [5, 5.41) is 12.6. The summed E-state index contributed by atoms with van der Waals surface area (Å²) in [4.78, 5) is 13.1. The number of aliphatic hydroxyl groups excluding tert-OH is 1. The number of aliphatic hydroxyl groups is 1. The van der Waals surface area contributed by atoms with E-state index < -0.39 is 5.41 Å². The van der Waals surface area contributed by atoms with Gasteiger partial charge in [0.25, 0.3) is 0 Å². The maximum atomic E-state index is 13.1. The van der Waals surface area contributed by atoms with Crippen LogP contribution in [-0.4, -0.2) is 56.0 Å². The SMILES string of the molecule is COc1ccc(C2(C(=O)NC(CO)CCSC)CCOCC2)cc1. The standard InChI is InChI=1S/C18H27NO4S/c1-22-16-5-3-14(4-6-16)18(8-10-23-11-9-18)17(21)19-15(13-20)7-12-24-2/h3-6,15,20H,7-13H2,1-2H3,(H,19,21). The molecular formula is C18H27NO4S. The van der Waals surface area contributed by atoms with E-state index in [-0.39, 0.29) is 18.6 Å². The summed E-state index contributed by atoms with van der Waals surface area (Å²) < 4.78 is 10.7. The van der Waals surface area contributed by atoms with Crippen molar-refractivity contribution in [1.29, 1.82) is 0 Å². The molecule has 1 unspecified atom stereocenters. The molecule has 1 aliphatic rings. The van der Waals surface area contributed by atoms with Crippen molar-refractivity contribution in [3.63, 3.8) is 0 Å². The van der Waals surface area contributed by atoms with Crippen LogP contribution >= 0.6 is 11.8 Å². The molecule has 0 aromatic heterocycles. The van der Waals surface area contributed by atoms with Gasteiger partial charge in [0.1, 0.15) is 5.75 Å². The van der Waals surface area contributed by atoms with Crippen molar-refractivity contribution < 1.29 is 19.4 Å². The van der Waals surface area contributed by atoms with Crippen LogP contribution in [0.25, 0.3) is 0 Å². The maximum Gasteiger partial charge on any atom is 0.231 e. The van der Waals surface area contributed by atoms with Gasteiger partial charge in [-0.1, -0.05) is 12.1 Å². The Morgan fingerprint density at radius 2 is 2.04 bits per heavy atom. The van der Waals surface area contributed by atoms with Crippen LogP contribution in [0.15, 0.2) is 24.3 Å². The van der Waals surface area contributed by atoms with Gasteiger partial charge in [0.15, 0.2) is 0 Å². The highest BCUT2D eigenvalue weighted by atomic mass is 32.2. The first-order valence-corrected chi connectivity index (χ1v) is 9.68. The van der Waals surface area contributed by atoms with Gasteiger partial charge in [-0.25, -0.2) is 0 Å². The van der Waals surface area contributed by atoms with Crippen molar-refractivity contribution in [1.82, 2.24) is 5.32 Å². The molecule has 1 aliphatic heterocycles.